The molecule has 2 rings (SSSR count). The van der Waals surface area contributed by atoms with E-state index in [0.29, 0.717) is 12.8 Å². The third-order valence-corrected chi connectivity index (χ3v) is 7.39. The first kappa shape index (κ1) is 13.3. The maximum Gasteiger partial charge on any atom is 0.155 e. The van der Waals surface area contributed by atoms with Crippen molar-refractivity contribution in [3.63, 3.8) is 0 Å². The molecule has 0 bridgehead atoms. The van der Waals surface area contributed by atoms with Crippen molar-refractivity contribution < 1.29 is 13.5 Å². The molecule has 0 aromatic rings. The first-order valence-electron chi connectivity index (χ1n) is 6.42. The topological polar surface area (TPSA) is 66.4 Å². The average molecular weight is 261 g/mol. The van der Waals surface area contributed by atoms with Crippen LogP contribution in [0, 0.1) is 5.92 Å². The van der Waals surface area contributed by atoms with E-state index < -0.39 is 20.2 Å². The van der Waals surface area contributed by atoms with Crippen molar-refractivity contribution in [2.24, 2.45) is 5.92 Å². The number of rotatable bonds is 2. The van der Waals surface area contributed by atoms with Gasteiger partial charge in [-0.1, -0.05) is 0 Å². The molecule has 0 aliphatic carbocycles. The second-order valence-electron chi connectivity index (χ2n) is 6.09. The normalized spacial score (nSPS) is 34.6. The Morgan fingerprint density at radius 1 is 1.29 bits per heavy atom. The van der Waals surface area contributed by atoms with Crippen LogP contribution in [0.3, 0.4) is 0 Å². The van der Waals surface area contributed by atoms with E-state index in [1.807, 2.05) is 13.8 Å². The summed E-state index contributed by atoms with van der Waals surface area (Å²) in [5.41, 5.74) is -0.660. The number of hydrogen-bond donors (Lipinski definition) is 2. The Balaban J connectivity index is 2.10. The molecule has 2 fully saturated rings. The summed E-state index contributed by atoms with van der Waals surface area (Å²) in [6.45, 7) is 5.28. The van der Waals surface area contributed by atoms with E-state index in [2.05, 4.69) is 5.32 Å². The Bertz CT molecular complexity index is 383. The van der Waals surface area contributed by atoms with Crippen molar-refractivity contribution in [2.45, 2.75) is 49.9 Å². The van der Waals surface area contributed by atoms with E-state index in [4.69, 9.17) is 0 Å². The molecule has 0 amide bonds. The largest absolute Gasteiger partial charge is 0.390 e. The highest BCUT2D eigenvalue weighted by Crippen LogP contribution is 2.43. The van der Waals surface area contributed by atoms with Gasteiger partial charge in [-0.25, -0.2) is 8.42 Å². The molecule has 100 valence electrons. The summed E-state index contributed by atoms with van der Waals surface area (Å²) in [6, 6.07) is 0. The van der Waals surface area contributed by atoms with Crippen molar-refractivity contribution in [1.82, 2.24) is 5.32 Å². The average Bonchev–Trinajstić information content (AvgIpc) is 2.42. The summed E-state index contributed by atoms with van der Waals surface area (Å²) < 4.78 is 23.2. The predicted octanol–water partition coefficient (Wildman–Crippen LogP) is 0.704. The monoisotopic (exact) mass is 261 g/mol. The highest BCUT2D eigenvalue weighted by Gasteiger charge is 2.49. The van der Waals surface area contributed by atoms with Gasteiger partial charge in [0.05, 0.1) is 16.1 Å². The first-order valence-corrected chi connectivity index (χ1v) is 8.07. The molecule has 2 heterocycles. The van der Waals surface area contributed by atoms with Gasteiger partial charge in [-0.2, -0.15) is 0 Å². The first-order chi connectivity index (χ1) is 7.77. The molecule has 2 aliphatic heterocycles. The van der Waals surface area contributed by atoms with E-state index in [0.717, 1.165) is 25.9 Å². The van der Waals surface area contributed by atoms with Crippen LogP contribution in [0.4, 0.5) is 0 Å². The quantitative estimate of drug-likeness (QED) is 0.768. The lowest BCUT2D eigenvalue weighted by atomic mass is 9.78. The highest BCUT2D eigenvalue weighted by molar-refractivity contribution is 7.93. The highest BCUT2D eigenvalue weighted by atomic mass is 32.2. The van der Waals surface area contributed by atoms with Crippen LogP contribution in [0.2, 0.25) is 0 Å². The molecular formula is C12H23NO3S. The zero-order valence-electron chi connectivity index (χ0n) is 10.7. The van der Waals surface area contributed by atoms with Crippen molar-refractivity contribution in [1.29, 1.82) is 0 Å². The van der Waals surface area contributed by atoms with Gasteiger partial charge in [0.15, 0.2) is 9.84 Å². The van der Waals surface area contributed by atoms with Crippen LogP contribution in [0.1, 0.15) is 39.5 Å². The lowest BCUT2D eigenvalue weighted by molar-refractivity contribution is -0.0147. The number of aliphatic hydroxyl groups is 1. The van der Waals surface area contributed by atoms with Crippen molar-refractivity contribution in [2.75, 3.05) is 18.8 Å². The van der Waals surface area contributed by atoms with Gasteiger partial charge in [0.25, 0.3) is 0 Å². The Morgan fingerprint density at radius 2 is 1.88 bits per heavy atom. The minimum absolute atomic E-state index is 0.0931. The van der Waals surface area contributed by atoms with E-state index in [9.17, 15) is 13.5 Å². The van der Waals surface area contributed by atoms with Gasteiger partial charge in [0, 0.05) is 0 Å². The Kier molecular flexibility index (Phi) is 3.30. The minimum atomic E-state index is -2.98. The molecule has 0 aromatic carbocycles. The summed E-state index contributed by atoms with van der Waals surface area (Å²) in [7, 11) is -2.98. The van der Waals surface area contributed by atoms with E-state index in [-0.39, 0.29) is 11.7 Å². The third-order valence-electron chi connectivity index (χ3n) is 4.68. The maximum absolute atomic E-state index is 11.9. The van der Waals surface area contributed by atoms with Gasteiger partial charge < -0.3 is 10.4 Å². The Labute approximate surface area is 104 Å². The van der Waals surface area contributed by atoms with Crippen molar-refractivity contribution in [3.8, 4) is 0 Å². The third kappa shape index (κ3) is 2.37. The fourth-order valence-corrected chi connectivity index (χ4v) is 4.89. The second-order valence-corrected chi connectivity index (χ2v) is 8.78. The van der Waals surface area contributed by atoms with Gasteiger partial charge in [-0.3, -0.25) is 0 Å². The lowest BCUT2D eigenvalue weighted by Gasteiger charge is -2.37. The van der Waals surface area contributed by atoms with Crippen molar-refractivity contribution >= 4 is 9.84 Å². The van der Waals surface area contributed by atoms with Crippen LogP contribution < -0.4 is 5.32 Å². The van der Waals surface area contributed by atoms with E-state index >= 15 is 0 Å². The Morgan fingerprint density at radius 3 is 2.35 bits per heavy atom. The zero-order chi connectivity index (χ0) is 12.7. The lowest BCUT2D eigenvalue weighted by Crippen LogP contribution is -2.46. The summed E-state index contributed by atoms with van der Waals surface area (Å²) in [5, 5.41) is 13.7. The molecule has 5 heteroatoms. The van der Waals surface area contributed by atoms with Gasteiger partial charge in [0.2, 0.25) is 0 Å². The predicted molar refractivity (Wildman–Crippen MR) is 67.6 cm³/mol. The second kappa shape index (κ2) is 4.21. The summed E-state index contributed by atoms with van der Waals surface area (Å²) in [6.07, 6.45) is 2.80. The van der Waals surface area contributed by atoms with Gasteiger partial charge in [-0.05, 0) is 58.5 Å². The minimum Gasteiger partial charge on any atom is -0.390 e. The number of hydrogen-bond acceptors (Lipinski definition) is 4. The van der Waals surface area contributed by atoms with Crippen LogP contribution in [0.15, 0.2) is 0 Å². The smallest absolute Gasteiger partial charge is 0.155 e. The number of sulfone groups is 1. The molecular weight excluding hydrogens is 238 g/mol. The molecule has 0 spiro atoms. The van der Waals surface area contributed by atoms with Crippen LogP contribution >= 0.6 is 0 Å². The number of nitrogens with one attached hydrogen (secondary N) is 1. The maximum atomic E-state index is 11.9. The SMILES string of the molecule is CC1(C)C(CC2(O)CCNCC2)CCS1(=O)=O. The Hall–Kier alpha value is -0.130. The molecule has 2 aliphatic rings. The van der Waals surface area contributed by atoms with Crippen LogP contribution in [-0.4, -0.2) is 42.7 Å². The van der Waals surface area contributed by atoms with Gasteiger partial charge >= 0.3 is 0 Å². The molecule has 17 heavy (non-hydrogen) atoms. The van der Waals surface area contributed by atoms with Gasteiger partial charge in [0.1, 0.15) is 0 Å². The molecule has 2 N–H and O–H groups in total. The number of piperidine rings is 1. The van der Waals surface area contributed by atoms with Crippen LogP contribution in [-0.2, 0) is 9.84 Å². The molecule has 0 radical (unpaired) electrons. The van der Waals surface area contributed by atoms with Gasteiger partial charge in [-0.15, -0.1) is 0 Å². The molecule has 2 saturated heterocycles. The van der Waals surface area contributed by atoms with E-state index in [1.165, 1.54) is 0 Å². The molecule has 0 saturated carbocycles. The standard InChI is InChI=1S/C12H23NO3S/c1-11(2)10(3-8-17(11,15)16)9-12(14)4-6-13-7-5-12/h10,13-14H,3-9H2,1-2H3. The molecule has 1 unspecified atom stereocenters. The van der Waals surface area contributed by atoms with Crippen LogP contribution in [0.5, 0.6) is 0 Å². The van der Waals surface area contributed by atoms with E-state index in [1.54, 1.807) is 0 Å². The molecule has 4 nitrogen and oxygen atoms in total. The molecule has 1 atom stereocenters. The van der Waals surface area contributed by atoms with Crippen LogP contribution in [0.25, 0.3) is 0 Å². The summed E-state index contributed by atoms with van der Waals surface area (Å²) in [4.78, 5) is 0. The molecule has 0 aromatic heterocycles. The fraction of sp³-hybridized carbons (Fsp3) is 1.00. The summed E-state index contributed by atoms with van der Waals surface area (Å²) in [5.74, 6) is 0.370. The zero-order valence-corrected chi connectivity index (χ0v) is 11.5. The summed E-state index contributed by atoms with van der Waals surface area (Å²) >= 11 is 0. The fourth-order valence-electron chi connectivity index (χ4n) is 3.06. The van der Waals surface area contributed by atoms with Crippen molar-refractivity contribution in [3.05, 3.63) is 0 Å².